The standard InChI is InChI=1S/C17H22N6O/c1-17(2,3)16-18-6-12-7-22(9-13(12)21-16)15(24)11-4-5-14-19-10-20-23(14)8-11/h6,10-11H,4-5,7-9H2,1-3H3. The molecule has 0 saturated carbocycles. The minimum absolute atomic E-state index is 0.0245. The van der Waals surface area contributed by atoms with Gasteiger partial charge >= 0.3 is 0 Å². The van der Waals surface area contributed by atoms with Crippen LogP contribution in [0.4, 0.5) is 0 Å². The number of carbonyl (C=O) groups excluding carboxylic acids is 1. The largest absolute Gasteiger partial charge is 0.332 e. The topological polar surface area (TPSA) is 76.8 Å². The number of hydrogen-bond donors (Lipinski definition) is 0. The third kappa shape index (κ3) is 2.57. The second-order valence-electron chi connectivity index (χ2n) is 7.70. The summed E-state index contributed by atoms with van der Waals surface area (Å²) in [4.78, 5) is 28.2. The molecular formula is C17H22N6O. The molecule has 7 nitrogen and oxygen atoms in total. The average Bonchev–Trinajstić information content (AvgIpc) is 3.18. The van der Waals surface area contributed by atoms with E-state index < -0.39 is 0 Å². The van der Waals surface area contributed by atoms with Crippen LogP contribution in [-0.2, 0) is 36.3 Å². The quantitative estimate of drug-likeness (QED) is 0.793. The van der Waals surface area contributed by atoms with Gasteiger partial charge in [-0.25, -0.2) is 19.6 Å². The lowest BCUT2D eigenvalue weighted by molar-refractivity contribution is -0.137. The molecule has 7 heteroatoms. The van der Waals surface area contributed by atoms with Gasteiger partial charge in [-0.15, -0.1) is 0 Å². The van der Waals surface area contributed by atoms with E-state index in [1.807, 2.05) is 15.8 Å². The van der Waals surface area contributed by atoms with Gasteiger partial charge in [-0.05, 0) is 6.42 Å². The minimum atomic E-state index is -0.0840. The van der Waals surface area contributed by atoms with Crippen LogP contribution in [0.1, 0.15) is 50.1 Å². The zero-order valence-corrected chi connectivity index (χ0v) is 14.4. The van der Waals surface area contributed by atoms with Gasteiger partial charge in [0.05, 0.1) is 24.7 Å². The lowest BCUT2D eigenvalue weighted by atomic mass is 9.95. The third-order valence-electron chi connectivity index (χ3n) is 4.79. The van der Waals surface area contributed by atoms with E-state index in [0.29, 0.717) is 19.6 Å². The number of hydrogen-bond acceptors (Lipinski definition) is 5. The number of nitrogens with zero attached hydrogens (tertiary/aromatic N) is 6. The molecule has 0 fully saturated rings. The van der Waals surface area contributed by atoms with Crippen LogP contribution in [-0.4, -0.2) is 35.5 Å². The van der Waals surface area contributed by atoms with Crippen molar-refractivity contribution < 1.29 is 4.79 Å². The predicted octanol–water partition coefficient (Wildman–Crippen LogP) is 1.47. The molecule has 0 radical (unpaired) electrons. The highest BCUT2D eigenvalue weighted by Crippen LogP contribution is 2.28. The molecule has 1 amide bonds. The normalized spacial score (nSPS) is 20.0. The van der Waals surface area contributed by atoms with E-state index in [9.17, 15) is 4.79 Å². The molecule has 0 bridgehead atoms. The zero-order chi connectivity index (χ0) is 16.9. The van der Waals surface area contributed by atoms with Crippen molar-refractivity contribution in [3.63, 3.8) is 0 Å². The predicted molar refractivity (Wildman–Crippen MR) is 86.8 cm³/mol. The molecule has 2 aliphatic rings. The lowest BCUT2D eigenvalue weighted by Crippen LogP contribution is -2.37. The van der Waals surface area contributed by atoms with Crippen LogP contribution in [0, 0.1) is 5.92 Å². The third-order valence-corrected chi connectivity index (χ3v) is 4.79. The van der Waals surface area contributed by atoms with E-state index in [2.05, 4.69) is 35.8 Å². The number of amides is 1. The Balaban J connectivity index is 1.49. The maximum atomic E-state index is 12.9. The van der Waals surface area contributed by atoms with Crippen molar-refractivity contribution in [3.8, 4) is 0 Å². The summed E-state index contributed by atoms with van der Waals surface area (Å²) in [6.07, 6.45) is 5.10. The molecule has 4 heterocycles. The maximum Gasteiger partial charge on any atom is 0.228 e. The van der Waals surface area contributed by atoms with Gasteiger partial charge in [-0.2, -0.15) is 5.10 Å². The first-order valence-electron chi connectivity index (χ1n) is 8.42. The first-order chi connectivity index (χ1) is 11.4. The molecule has 1 unspecified atom stereocenters. The Kier molecular flexibility index (Phi) is 3.40. The summed E-state index contributed by atoms with van der Waals surface area (Å²) >= 11 is 0. The minimum Gasteiger partial charge on any atom is -0.332 e. The van der Waals surface area contributed by atoms with Crippen molar-refractivity contribution in [2.24, 2.45) is 5.92 Å². The van der Waals surface area contributed by atoms with Crippen molar-refractivity contribution in [2.75, 3.05) is 0 Å². The highest BCUT2D eigenvalue weighted by Gasteiger charge is 2.33. The van der Waals surface area contributed by atoms with Crippen LogP contribution < -0.4 is 0 Å². The Morgan fingerprint density at radius 3 is 2.88 bits per heavy atom. The van der Waals surface area contributed by atoms with E-state index in [1.165, 1.54) is 0 Å². The molecule has 0 aromatic carbocycles. The number of carbonyl (C=O) groups is 1. The second kappa shape index (κ2) is 5.36. The number of aryl methyl sites for hydroxylation is 1. The van der Waals surface area contributed by atoms with E-state index in [4.69, 9.17) is 4.98 Å². The SMILES string of the molecule is CC(C)(C)c1ncc2c(n1)CN(C(=O)C1CCc3ncnn3C1)C2. The summed E-state index contributed by atoms with van der Waals surface area (Å²) in [5.74, 6) is 1.97. The smallest absolute Gasteiger partial charge is 0.228 e. The lowest BCUT2D eigenvalue weighted by Gasteiger charge is -2.26. The fraction of sp³-hybridized carbons (Fsp3) is 0.588. The Morgan fingerprint density at radius 2 is 2.08 bits per heavy atom. The molecule has 2 aromatic heterocycles. The van der Waals surface area contributed by atoms with Crippen LogP contribution in [0.3, 0.4) is 0 Å². The van der Waals surface area contributed by atoms with E-state index >= 15 is 0 Å². The summed E-state index contributed by atoms with van der Waals surface area (Å²) in [5, 5.41) is 4.21. The highest BCUT2D eigenvalue weighted by molar-refractivity contribution is 5.79. The molecular weight excluding hydrogens is 304 g/mol. The van der Waals surface area contributed by atoms with Crippen LogP contribution in [0.2, 0.25) is 0 Å². The Morgan fingerprint density at radius 1 is 1.25 bits per heavy atom. The number of fused-ring (bicyclic) bond motifs is 2. The fourth-order valence-corrected chi connectivity index (χ4v) is 3.37. The van der Waals surface area contributed by atoms with Crippen molar-refractivity contribution in [1.29, 1.82) is 0 Å². The summed E-state index contributed by atoms with van der Waals surface area (Å²) in [5.41, 5.74) is 1.97. The summed E-state index contributed by atoms with van der Waals surface area (Å²) in [6, 6.07) is 0. The Labute approximate surface area is 141 Å². The van der Waals surface area contributed by atoms with Gasteiger partial charge in [0, 0.05) is 30.1 Å². The fourth-order valence-electron chi connectivity index (χ4n) is 3.37. The summed E-state index contributed by atoms with van der Waals surface area (Å²) in [6.45, 7) is 8.12. The zero-order valence-electron chi connectivity index (χ0n) is 14.4. The Hall–Kier alpha value is -2.31. The number of rotatable bonds is 1. The molecule has 24 heavy (non-hydrogen) atoms. The maximum absolute atomic E-state index is 12.9. The van der Waals surface area contributed by atoms with Gasteiger partial charge in [0.1, 0.15) is 18.0 Å². The molecule has 1 atom stereocenters. The molecule has 2 aromatic rings. The first kappa shape index (κ1) is 15.2. The van der Waals surface area contributed by atoms with Crippen LogP contribution in [0.5, 0.6) is 0 Å². The highest BCUT2D eigenvalue weighted by atomic mass is 16.2. The summed E-state index contributed by atoms with van der Waals surface area (Å²) in [7, 11) is 0. The first-order valence-corrected chi connectivity index (χ1v) is 8.42. The molecule has 0 spiro atoms. The molecule has 4 rings (SSSR count). The van der Waals surface area contributed by atoms with Gasteiger partial charge < -0.3 is 4.90 Å². The molecule has 126 valence electrons. The van der Waals surface area contributed by atoms with Gasteiger partial charge in [0.2, 0.25) is 5.91 Å². The summed E-state index contributed by atoms with van der Waals surface area (Å²) < 4.78 is 1.85. The van der Waals surface area contributed by atoms with E-state index in [1.54, 1.807) is 6.33 Å². The van der Waals surface area contributed by atoms with Crippen molar-refractivity contribution in [1.82, 2.24) is 29.6 Å². The van der Waals surface area contributed by atoms with Crippen molar-refractivity contribution in [2.45, 2.75) is 58.7 Å². The molecule has 0 aliphatic carbocycles. The van der Waals surface area contributed by atoms with Crippen LogP contribution >= 0.6 is 0 Å². The monoisotopic (exact) mass is 326 g/mol. The molecule has 2 aliphatic heterocycles. The average molecular weight is 326 g/mol. The number of aromatic nitrogens is 5. The van der Waals surface area contributed by atoms with Crippen molar-refractivity contribution in [3.05, 3.63) is 35.4 Å². The van der Waals surface area contributed by atoms with Crippen molar-refractivity contribution >= 4 is 5.91 Å². The van der Waals surface area contributed by atoms with Gasteiger partial charge in [0.15, 0.2) is 0 Å². The molecule has 0 saturated heterocycles. The van der Waals surface area contributed by atoms with Gasteiger partial charge in [-0.1, -0.05) is 20.8 Å². The van der Waals surface area contributed by atoms with Crippen LogP contribution in [0.25, 0.3) is 0 Å². The Bertz CT molecular complexity index is 791. The van der Waals surface area contributed by atoms with E-state index in [-0.39, 0.29) is 17.2 Å². The van der Waals surface area contributed by atoms with E-state index in [0.717, 1.165) is 35.7 Å². The molecule has 0 N–H and O–H groups in total. The van der Waals surface area contributed by atoms with Crippen LogP contribution in [0.15, 0.2) is 12.5 Å². The second-order valence-corrected chi connectivity index (χ2v) is 7.70. The van der Waals surface area contributed by atoms with Gasteiger partial charge in [-0.3, -0.25) is 4.79 Å². The van der Waals surface area contributed by atoms with Gasteiger partial charge in [0.25, 0.3) is 0 Å².